The average molecular weight is 301 g/mol. The Hall–Kier alpha value is -1.43. The third kappa shape index (κ3) is 5.28. The number of carbonyl (C=O) groups is 2. The van der Waals surface area contributed by atoms with Crippen molar-refractivity contribution in [2.45, 2.75) is 52.4 Å². The molecule has 1 amide bonds. The Kier molecular flexibility index (Phi) is 6.85. The lowest BCUT2D eigenvalue weighted by atomic mass is 10.1. The number of hydrogen-bond acceptors (Lipinski definition) is 4. The van der Waals surface area contributed by atoms with Crippen molar-refractivity contribution in [3.63, 3.8) is 0 Å². The van der Waals surface area contributed by atoms with Crippen LogP contribution in [0.25, 0.3) is 0 Å². The zero-order valence-corrected chi connectivity index (χ0v) is 13.7. The number of nitrogens with one attached hydrogen (secondary N) is 1. The zero-order chi connectivity index (χ0) is 16.1. The van der Waals surface area contributed by atoms with Gasteiger partial charge in [-0.15, -0.1) is 11.8 Å². The summed E-state index contributed by atoms with van der Waals surface area (Å²) in [6.45, 7) is 14.8. The Morgan fingerprint density at radius 3 is 2.25 bits per heavy atom. The highest BCUT2D eigenvalue weighted by molar-refractivity contribution is 8.05. The minimum absolute atomic E-state index is 0.0685. The first kappa shape index (κ1) is 18.6. The second-order valence-corrected chi connectivity index (χ2v) is 6.27. The van der Waals surface area contributed by atoms with Crippen LogP contribution in [0.15, 0.2) is 22.8 Å². The van der Waals surface area contributed by atoms with E-state index in [0.29, 0.717) is 5.57 Å². The number of alkyl carbamates (subject to hydrolysis) is 1. The van der Waals surface area contributed by atoms with Gasteiger partial charge in [-0.2, -0.15) is 0 Å². The number of carboxylic acid groups (broad SMARTS) is 1. The molecule has 2 N–H and O–H groups in total. The van der Waals surface area contributed by atoms with Gasteiger partial charge in [0.2, 0.25) is 0 Å². The van der Waals surface area contributed by atoms with E-state index in [0.717, 1.165) is 11.8 Å². The minimum atomic E-state index is -1.07. The van der Waals surface area contributed by atoms with E-state index < -0.39 is 17.7 Å². The summed E-state index contributed by atoms with van der Waals surface area (Å²) in [4.78, 5) is 22.8. The number of carbonyl (C=O) groups excluding carboxylic acids is 1. The molecule has 1 heterocycles. The molecule has 0 radical (unpaired) electrons. The van der Waals surface area contributed by atoms with Gasteiger partial charge in [-0.05, 0) is 33.3 Å². The highest BCUT2D eigenvalue weighted by Crippen LogP contribution is 2.39. The highest BCUT2D eigenvalue weighted by Gasteiger charge is 2.32. The fourth-order valence-corrected chi connectivity index (χ4v) is 2.37. The maximum Gasteiger partial charge on any atom is 0.412 e. The average Bonchev–Trinajstić information content (AvgIpc) is 2.57. The molecule has 0 aromatic carbocycles. The van der Waals surface area contributed by atoms with Gasteiger partial charge in [0.25, 0.3) is 0 Å². The summed E-state index contributed by atoms with van der Waals surface area (Å²) in [5.74, 6) is -1.07. The molecule has 0 aromatic heterocycles. The molecule has 0 spiro atoms. The Morgan fingerprint density at radius 1 is 1.35 bits per heavy atom. The zero-order valence-electron chi connectivity index (χ0n) is 12.9. The number of ether oxygens (including phenoxy) is 1. The van der Waals surface area contributed by atoms with Gasteiger partial charge in [0, 0.05) is 5.25 Å². The number of amides is 1. The van der Waals surface area contributed by atoms with E-state index in [9.17, 15) is 9.59 Å². The fourth-order valence-electron chi connectivity index (χ4n) is 1.36. The maximum absolute atomic E-state index is 11.6. The van der Waals surface area contributed by atoms with Crippen LogP contribution in [0.5, 0.6) is 0 Å². The normalized spacial score (nSPS) is 18.3. The third-order valence-electron chi connectivity index (χ3n) is 2.15. The fraction of sp³-hybridized carbons (Fsp3) is 0.571. The second-order valence-electron chi connectivity index (χ2n) is 4.92. The summed E-state index contributed by atoms with van der Waals surface area (Å²) in [7, 11) is 0. The monoisotopic (exact) mass is 301 g/mol. The lowest BCUT2D eigenvalue weighted by Crippen LogP contribution is -2.33. The van der Waals surface area contributed by atoms with Crippen molar-refractivity contribution in [1.29, 1.82) is 0 Å². The van der Waals surface area contributed by atoms with Crippen molar-refractivity contribution in [3.8, 4) is 0 Å². The first-order valence-corrected chi connectivity index (χ1v) is 7.33. The summed E-state index contributed by atoms with van der Waals surface area (Å²) in [5.41, 5.74) is 0.199. The first-order chi connectivity index (χ1) is 9.11. The molecular weight excluding hydrogens is 278 g/mol. The Balaban J connectivity index is 0.00000172. The van der Waals surface area contributed by atoms with Gasteiger partial charge < -0.3 is 9.84 Å². The lowest BCUT2D eigenvalue weighted by Gasteiger charge is -2.20. The Bertz CT molecular complexity index is 435. The quantitative estimate of drug-likeness (QED) is 0.816. The predicted octanol–water partition coefficient (Wildman–Crippen LogP) is 3.53. The van der Waals surface area contributed by atoms with E-state index in [2.05, 4.69) is 11.9 Å². The number of rotatable bonds is 2. The maximum atomic E-state index is 11.6. The molecular formula is C14H23NO4S. The predicted molar refractivity (Wildman–Crippen MR) is 81.6 cm³/mol. The van der Waals surface area contributed by atoms with Crippen LogP contribution < -0.4 is 5.32 Å². The van der Waals surface area contributed by atoms with E-state index in [1.165, 1.54) is 0 Å². The summed E-state index contributed by atoms with van der Waals surface area (Å²) in [5, 5.41) is 11.4. The van der Waals surface area contributed by atoms with Gasteiger partial charge in [0.05, 0.1) is 5.70 Å². The van der Waals surface area contributed by atoms with Crippen LogP contribution in [0.2, 0.25) is 0 Å². The Morgan fingerprint density at radius 2 is 1.85 bits per heavy atom. The molecule has 114 valence electrons. The summed E-state index contributed by atoms with van der Waals surface area (Å²) < 4.78 is 5.08. The topological polar surface area (TPSA) is 75.6 Å². The van der Waals surface area contributed by atoms with Crippen LogP contribution in [-0.2, 0) is 9.53 Å². The number of carboxylic acids is 1. The van der Waals surface area contributed by atoms with Gasteiger partial charge in [-0.25, -0.2) is 9.59 Å². The molecule has 5 nitrogen and oxygen atoms in total. The van der Waals surface area contributed by atoms with Gasteiger partial charge in [-0.1, -0.05) is 20.4 Å². The highest BCUT2D eigenvalue weighted by atomic mass is 32.2. The third-order valence-corrected chi connectivity index (χ3v) is 3.41. The largest absolute Gasteiger partial charge is 0.477 e. The molecule has 20 heavy (non-hydrogen) atoms. The molecule has 6 heteroatoms. The molecule has 1 atom stereocenters. The molecule has 1 aliphatic rings. The van der Waals surface area contributed by atoms with Crippen LogP contribution in [0.3, 0.4) is 0 Å². The summed E-state index contributed by atoms with van der Waals surface area (Å²) >= 11 is 1.16. The molecule has 0 saturated heterocycles. The van der Waals surface area contributed by atoms with Crippen LogP contribution in [-0.4, -0.2) is 28.0 Å². The molecule has 0 fully saturated rings. The van der Waals surface area contributed by atoms with Crippen LogP contribution in [0.4, 0.5) is 4.79 Å². The van der Waals surface area contributed by atoms with Gasteiger partial charge in [-0.3, -0.25) is 5.32 Å². The smallest absolute Gasteiger partial charge is 0.412 e. The van der Waals surface area contributed by atoms with Crippen LogP contribution in [0, 0.1) is 0 Å². The van der Waals surface area contributed by atoms with E-state index in [4.69, 9.17) is 9.84 Å². The van der Waals surface area contributed by atoms with Crippen molar-refractivity contribution < 1.29 is 19.4 Å². The number of aliphatic carboxylic acids is 1. The molecule has 0 saturated carbocycles. The van der Waals surface area contributed by atoms with Crippen molar-refractivity contribution in [2.24, 2.45) is 0 Å². The lowest BCUT2D eigenvalue weighted by molar-refractivity contribution is -0.131. The Labute approximate surface area is 124 Å². The van der Waals surface area contributed by atoms with E-state index in [1.54, 1.807) is 20.8 Å². The number of hydrogen-bond donors (Lipinski definition) is 2. The molecule has 0 aromatic rings. The van der Waals surface area contributed by atoms with Crippen LogP contribution >= 0.6 is 11.8 Å². The van der Waals surface area contributed by atoms with Gasteiger partial charge in [0.15, 0.2) is 0 Å². The van der Waals surface area contributed by atoms with Gasteiger partial charge in [0.1, 0.15) is 10.5 Å². The van der Waals surface area contributed by atoms with Crippen molar-refractivity contribution in [3.05, 3.63) is 22.8 Å². The van der Waals surface area contributed by atoms with E-state index in [1.807, 2.05) is 20.8 Å². The number of allylic oxidation sites excluding steroid dienone is 1. The SMILES string of the molecule is C=C1C(NC(=O)OC(C)(C)C)=C(C(=O)O)SC1C.CC. The molecule has 1 rings (SSSR count). The second kappa shape index (κ2) is 7.38. The van der Waals surface area contributed by atoms with Crippen LogP contribution in [0.1, 0.15) is 41.5 Å². The van der Waals surface area contributed by atoms with E-state index >= 15 is 0 Å². The van der Waals surface area contributed by atoms with Crippen molar-refractivity contribution in [1.82, 2.24) is 5.32 Å². The number of thioether (sulfide) groups is 1. The standard InChI is InChI=1S/C12H17NO4S.C2H6/c1-6-7(2)18-9(10(14)15)8(6)13-11(16)17-12(3,4)5;1-2/h7H,1H2,2-5H3,(H,13,16)(H,14,15);1-2H3. The first-order valence-electron chi connectivity index (χ1n) is 6.45. The molecule has 0 aliphatic carbocycles. The molecule has 0 bridgehead atoms. The minimum Gasteiger partial charge on any atom is -0.477 e. The molecule has 1 aliphatic heterocycles. The van der Waals surface area contributed by atoms with Crippen molar-refractivity contribution >= 4 is 23.8 Å². The summed E-state index contributed by atoms with van der Waals surface area (Å²) in [6.07, 6.45) is -0.674. The van der Waals surface area contributed by atoms with Gasteiger partial charge >= 0.3 is 12.1 Å². The summed E-state index contributed by atoms with van der Waals surface area (Å²) in [6, 6.07) is 0. The molecule has 1 unspecified atom stereocenters. The van der Waals surface area contributed by atoms with E-state index in [-0.39, 0.29) is 15.9 Å². The van der Waals surface area contributed by atoms with Crippen molar-refractivity contribution in [2.75, 3.05) is 0 Å².